The van der Waals surface area contributed by atoms with Gasteiger partial charge in [-0.25, -0.2) is 8.42 Å². The van der Waals surface area contributed by atoms with Crippen LogP contribution in [0.4, 0.5) is 0 Å². The van der Waals surface area contributed by atoms with Crippen molar-refractivity contribution in [1.82, 2.24) is 14.1 Å². The molecular weight excluding hydrogens is 422 g/mol. The number of hydrogen-bond acceptors (Lipinski definition) is 4. The van der Waals surface area contributed by atoms with Gasteiger partial charge < -0.3 is 4.90 Å². The van der Waals surface area contributed by atoms with Crippen LogP contribution < -0.4 is 0 Å². The Morgan fingerprint density at radius 1 is 0.844 bits per heavy atom. The first-order chi connectivity index (χ1) is 15.4. The molecule has 1 amide bonds. The van der Waals surface area contributed by atoms with Gasteiger partial charge >= 0.3 is 0 Å². The largest absolute Gasteiger partial charge is 0.339 e. The molecule has 6 nitrogen and oxygen atoms in total. The molecule has 2 aromatic carbocycles. The first-order valence-corrected chi connectivity index (χ1v) is 13.0. The number of piperazine rings is 1. The topological polar surface area (TPSA) is 60.9 Å². The summed E-state index contributed by atoms with van der Waals surface area (Å²) in [7, 11) is -3.45. The normalized spacial score (nSPS) is 19.0. The van der Waals surface area contributed by atoms with Crippen LogP contribution in [0.3, 0.4) is 0 Å². The van der Waals surface area contributed by atoms with Gasteiger partial charge in [-0.05, 0) is 49.6 Å². The summed E-state index contributed by atoms with van der Waals surface area (Å²) in [5.74, 6) is 0.128. The highest BCUT2D eigenvalue weighted by atomic mass is 32.2. The SMILES string of the molecule is Cc1ccc(S(=O)(=O)N2CCN(Cc3cccc(C(=O)N4CCCCCC4)c3)CC2)cc1. The van der Waals surface area contributed by atoms with Crippen molar-refractivity contribution >= 4 is 15.9 Å². The van der Waals surface area contributed by atoms with Gasteiger partial charge in [0.15, 0.2) is 0 Å². The van der Waals surface area contributed by atoms with E-state index in [2.05, 4.69) is 11.0 Å². The molecule has 0 bridgehead atoms. The van der Waals surface area contributed by atoms with E-state index in [0.717, 1.165) is 49.2 Å². The Morgan fingerprint density at radius 2 is 1.50 bits per heavy atom. The minimum atomic E-state index is -3.45. The number of nitrogens with zero attached hydrogens (tertiary/aromatic N) is 3. The molecule has 2 aliphatic rings. The van der Waals surface area contributed by atoms with E-state index in [-0.39, 0.29) is 5.91 Å². The average Bonchev–Trinajstić information content (AvgIpc) is 3.09. The monoisotopic (exact) mass is 455 g/mol. The highest BCUT2D eigenvalue weighted by Gasteiger charge is 2.28. The number of amides is 1. The molecule has 0 saturated carbocycles. The number of rotatable bonds is 5. The Kier molecular flexibility index (Phi) is 7.28. The number of sulfonamides is 1. The average molecular weight is 456 g/mol. The quantitative estimate of drug-likeness (QED) is 0.692. The smallest absolute Gasteiger partial charge is 0.253 e. The van der Waals surface area contributed by atoms with Crippen LogP contribution in [0.5, 0.6) is 0 Å². The molecule has 0 atom stereocenters. The lowest BCUT2D eigenvalue weighted by Gasteiger charge is -2.34. The van der Waals surface area contributed by atoms with Crippen LogP contribution in [0.1, 0.15) is 47.2 Å². The maximum Gasteiger partial charge on any atom is 0.253 e. The minimum absolute atomic E-state index is 0.128. The number of carbonyl (C=O) groups excluding carboxylic acids is 1. The van der Waals surface area contributed by atoms with Crippen LogP contribution in [-0.2, 0) is 16.6 Å². The second-order valence-corrected chi connectivity index (χ2v) is 10.8. The second kappa shape index (κ2) is 10.1. The van der Waals surface area contributed by atoms with E-state index in [1.54, 1.807) is 16.4 Å². The lowest BCUT2D eigenvalue weighted by atomic mass is 10.1. The van der Waals surface area contributed by atoms with Crippen LogP contribution in [0, 0.1) is 6.92 Å². The fourth-order valence-corrected chi connectivity index (χ4v) is 5.93. The lowest BCUT2D eigenvalue weighted by molar-refractivity contribution is 0.0761. The molecule has 2 aromatic rings. The Morgan fingerprint density at radius 3 is 2.16 bits per heavy atom. The molecule has 0 unspecified atom stereocenters. The van der Waals surface area contributed by atoms with E-state index >= 15 is 0 Å². The summed E-state index contributed by atoms with van der Waals surface area (Å²) in [4.78, 5) is 17.6. The van der Waals surface area contributed by atoms with Crippen LogP contribution in [0.25, 0.3) is 0 Å². The summed E-state index contributed by atoms with van der Waals surface area (Å²) in [6, 6.07) is 15.0. The number of aryl methyl sites for hydroxylation is 1. The predicted octanol–water partition coefficient (Wildman–Crippen LogP) is 3.52. The van der Waals surface area contributed by atoms with E-state index in [9.17, 15) is 13.2 Å². The summed E-state index contributed by atoms with van der Waals surface area (Å²) in [5.41, 5.74) is 2.90. The van der Waals surface area contributed by atoms with Gasteiger partial charge in [0.2, 0.25) is 10.0 Å². The molecule has 2 saturated heterocycles. The fourth-order valence-electron chi connectivity index (χ4n) is 4.50. The lowest BCUT2D eigenvalue weighted by Crippen LogP contribution is -2.48. The summed E-state index contributed by atoms with van der Waals surface area (Å²) < 4.78 is 27.4. The zero-order chi connectivity index (χ0) is 22.6. The van der Waals surface area contributed by atoms with Crippen LogP contribution in [0.15, 0.2) is 53.4 Å². The summed E-state index contributed by atoms with van der Waals surface area (Å²) in [6.07, 6.45) is 4.58. The molecule has 7 heteroatoms. The van der Waals surface area contributed by atoms with Gasteiger partial charge in [0.25, 0.3) is 5.91 Å². The molecule has 2 aliphatic heterocycles. The maximum absolute atomic E-state index is 12.9. The number of hydrogen-bond donors (Lipinski definition) is 0. The Bertz CT molecular complexity index is 1020. The Hall–Kier alpha value is -2.22. The van der Waals surface area contributed by atoms with E-state index < -0.39 is 10.0 Å². The molecule has 0 aliphatic carbocycles. The van der Waals surface area contributed by atoms with Gasteiger partial charge in [0, 0.05) is 51.4 Å². The first-order valence-electron chi connectivity index (χ1n) is 11.6. The van der Waals surface area contributed by atoms with E-state index in [0.29, 0.717) is 31.1 Å². The highest BCUT2D eigenvalue weighted by molar-refractivity contribution is 7.89. The van der Waals surface area contributed by atoms with Crippen molar-refractivity contribution in [3.05, 3.63) is 65.2 Å². The van der Waals surface area contributed by atoms with Crippen molar-refractivity contribution in [3.8, 4) is 0 Å². The van der Waals surface area contributed by atoms with Crippen molar-refractivity contribution < 1.29 is 13.2 Å². The van der Waals surface area contributed by atoms with E-state index in [1.165, 1.54) is 12.8 Å². The van der Waals surface area contributed by atoms with Crippen molar-refractivity contribution in [2.24, 2.45) is 0 Å². The summed E-state index contributed by atoms with van der Waals surface area (Å²) in [5, 5.41) is 0. The van der Waals surface area contributed by atoms with Crippen molar-refractivity contribution in [3.63, 3.8) is 0 Å². The number of carbonyl (C=O) groups is 1. The molecule has 32 heavy (non-hydrogen) atoms. The zero-order valence-electron chi connectivity index (χ0n) is 18.9. The van der Waals surface area contributed by atoms with Gasteiger partial charge in [0.1, 0.15) is 0 Å². The second-order valence-electron chi connectivity index (χ2n) is 8.90. The van der Waals surface area contributed by atoms with Crippen LogP contribution >= 0.6 is 0 Å². The third kappa shape index (κ3) is 5.39. The molecule has 4 rings (SSSR count). The van der Waals surface area contributed by atoms with E-state index in [1.807, 2.05) is 42.2 Å². The number of benzene rings is 2. The first kappa shape index (κ1) is 23.0. The van der Waals surface area contributed by atoms with Gasteiger partial charge in [-0.2, -0.15) is 4.31 Å². The molecule has 172 valence electrons. The van der Waals surface area contributed by atoms with Crippen molar-refractivity contribution in [1.29, 1.82) is 0 Å². The van der Waals surface area contributed by atoms with Gasteiger partial charge in [0.05, 0.1) is 4.90 Å². The van der Waals surface area contributed by atoms with Crippen molar-refractivity contribution in [2.75, 3.05) is 39.3 Å². The highest BCUT2D eigenvalue weighted by Crippen LogP contribution is 2.20. The predicted molar refractivity (Wildman–Crippen MR) is 126 cm³/mol. The standard InChI is InChI=1S/C25H33N3O3S/c1-21-9-11-24(12-10-21)32(30,31)28-17-15-26(16-18-28)20-22-7-6-8-23(19-22)25(29)27-13-4-2-3-5-14-27/h6-12,19H,2-5,13-18,20H2,1H3. The molecule has 0 radical (unpaired) electrons. The minimum Gasteiger partial charge on any atom is -0.339 e. The summed E-state index contributed by atoms with van der Waals surface area (Å²) in [6.45, 7) is 6.67. The molecular formula is C25H33N3O3S. The van der Waals surface area contributed by atoms with Gasteiger partial charge in [-0.3, -0.25) is 9.69 Å². The summed E-state index contributed by atoms with van der Waals surface area (Å²) >= 11 is 0. The Balaban J connectivity index is 1.35. The molecule has 2 fully saturated rings. The Labute approximate surface area is 191 Å². The fraction of sp³-hybridized carbons (Fsp3) is 0.480. The number of likely N-dealkylation sites (tertiary alicyclic amines) is 1. The van der Waals surface area contributed by atoms with Crippen LogP contribution in [0.2, 0.25) is 0 Å². The third-order valence-corrected chi connectivity index (χ3v) is 8.38. The van der Waals surface area contributed by atoms with Crippen LogP contribution in [-0.4, -0.2) is 67.7 Å². The molecule has 0 aromatic heterocycles. The van der Waals surface area contributed by atoms with E-state index in [4.69, 9.17) is 0 Å². The van der Waals surface area contributed by atoms with Gasteiger partial charge in [-0.15, -0.1) is 0 Å². The maximum atomic E-state index is 12.9. The van der Waals surface area contributed by atoms with Gasteiger partial charge in [-0.1, -0.05) is 42.7 Å². The molecule has 0 N–H and O–H groups in total. The zero-order valence-corrected chi connectivity index (χ0v) is 19.7. The molecule has 0 spiro atoms. The third-order valence-electron chi connectivity index (χ3n) is 6.46. The molecule has 2 heterocycles. The van der Waals surface area contributed by atoms with Crippen molar-refractivity contribution in [2.45, 2.75) is 44.0 Å².